The van der Waals surface area contributed by atoms with Crippen molar-refractivity contribution in [3.63, 3.8) is 0 Å². The quantitative estimate of drug-likeness (QED) is 0.345. The summed E-state index contributed by atoms with van der Waals surface area (Å²) in [6.45, 7) is 4.84. The lowest BCUT2D eigenvalue weighted by Gasteiger charge is -2.14. The molecule has 3 aromatic carbocycles. The molecule has 0 aromatic heterocycles. The maximum Gasteiger partial charge on any atom is 0.251 e. The molecule has 0 saturated heterocycles. The van der Waals surface area contributed by atoms with Gasteiger partial charge in [-0.1, -0.05) is 49.7 Å². The van der Waals surface area contributed by atoms with Gasteiger partial charge in [-0.3, -0.25) is 9.59 Å². The molecule has 0 aliphatic heterocycles. The number of nitrogens with one attached hydrogen (secondary N) is 3. The zero-order valence-corrected chi connectivity index (χ0v) is 19.1. The zero-order valence-electron chi connectivity index (χ0n) is 19.1. The third kappa shape index (κ3) is 7.68. The van der Waals surface area contributed by atoms with Gasteiger partial charge in [0.15, 0.2) is 0 Å². The molecule has 6 nitrogen and oxygen atoms in total. The van der Waals surface area contributed by atoms with Crippen molar-refractivity contribution in [3.05, 3.63) is 90.0 Å². The van der Waals surface area contributed by atoms with Crippen LogP contribution in [0.5, 0.6) is 5.75 Å². The smallest absolute Gasteiger partial charge is 0.251 e. The summed E-state index contributed by atoms with van der Waals surface area (Å²) in [6, 6.07) is 24.2. The van der Waals surface area contributed by atoms with Gasteiger partial charge in [-0.2, -0.15) is 0 Å². The molecule has 0 bridgehead atoms. The first kappa shape index (κ1) is 23.9. The first-order chi connectivity index (χ1) is 16.0. The van der Waals surface area contributed by atoms with E-state index in [9.17, 15) is 9.59 Å². The molecular formula is C27H31N3O3. The molecule has 3 aromatic rings. The Balaban J connectivity index is 1.46. The van der Waals surface area contributed by atoms with Crippen molar-refractivity contribution in [2.45, 2.75) is 32.7 Å². The molecule has 0 heterocycles. The van der Waals surface area contributed by atoms with Crippen molar-refractivity contribution in [1.82, 2.24) is 5.32 Å². The second kappa shape index (κ2) is 12.3. The van der Waals surface area contributed by atoms with Gasteiger partial charge in [-0.15, -0.1) is 0 Å². The first-order valence-electron chi connectivity index (χ1n) is 11.3. The van der Waals surface area contributed by atoms with E-state index in [1.807, 2.05) is 61.5 Å². The third-order valence-electron chi connectivity index (χ3n) is 5.13. The highest BCUT2D eigenvalue weighted by Crippen LogP contribution is 2.18. The number of carbonyl (C=O) groups is 2. The van der Waals surface area contributed by atoms with Crippen LogP contribution in [0.1, 0.15) is 48.7 Å². The number of rotatable bonds is 11. The van der Waals surface area contributed by atoms with Crippen LogP contribution in [0.3, 0.4) is 0 Å². The molecule has 0 saturated carbocycles. The van der Waals surface area contributed by atoms with Gasteiger partial charge in [0, 0.05) is 23.0 Å². The summed E-state index contributed by atoms with van der Waals surface area (Å²) in [4.78, 5) is 24.8. The molecule has 3 rings (SSSR count). The Kier molecular flexibility index (Phi) is 8.88. The summed E-state index contributed by atoms with van der Waals surface area (Å²) >= 11 is 0. The van der Waals surface area contributed by atoms with E-state index in [-0.39, 0.29) is 24.4 Å². The number of hydrogen-bond donors (Lipinski definition) is 3. The Labute approximate surface area is 195 Å². The maximum atomic E-state index is 12.5. The molecule has 172 valence electrons. The van der Waals surface area contributed by atoms with Crippen molar-refractivity contribution < 1.29 is 14.3 Å². The minimum absolute atomic E-state index is 0.0873. The van der Waals surface area contributed by atoms with E-state index in [2.05, 4.69) is 22.9 Å². The van der Waals surface area contributed by atoms with Crippen LogP contribution in [0.4, 0.5) is 11.4 Å². The standard InChI is InChI=1S/C27H31N3O3/c1-3-4-17-33-25-12-8-11-24(18-25)30-26(31)19-28-23-15-13-22(14-16-23)27(32)29-20(2)21-9-6-5-7-10-21/h5-16,18,20,28H,3-4,17,19H2,1-2H3,(H,29,32)(H,30,31). The Morgan fingerprint density at radius 1 is 0.909 bits per heavy atom. The van der Waals surface area contributed by atoms with Gasteiger partial charge in [-0.05, 0) is 55.3 Å². The van der Waals surface area contributed by atoms with Gasteiger partial charge >= 0.3 is 0 Å². The van der Waals surface area contributed by atoms with Crippen LogP contribution in [-0.4, -0.2) is 25.0 Å². The van der Waals surface area contributed by atoms with Crippen LogP contribution in [0.25, 0.3) is 0 Å². The molecule has 0 radical (unpaired) electrons. The fraction of sp³-hybridized carbons (Fsp3) is 0.259. The number of amides is 2. The second-order valence-corrected chi connectivity index (χ2v) is 7.81. The molecule has 33 heavy (non-hydrogen) atoms. The summed E-state index contributed by atoms with van der Waals surface area (Å²) in [5.41, 5.74) is 3.06. The summed E-state index contributed by atoms with van der Waals surface area (Å²) in [6.07, 6.45) is 2.06. The van der Waals surface area contributed by atoms with E-state index < -0.39 is 0 Å². The number of anilines is 2. The fourth-order valence-electron chi connectivity index (χ4n) is 3.23. The highest BCUT2D eigenvalue weighted by molar-refractivity contribution is 5.95. The van der Waals surface area contributed by atoms with Crippen molar-refractivity contribution in [1.29, 1.82) is 0 Å². The highest BCUT2D eigenvalue weighted by atomic mass is 16.5. The van der Waals surface area contributed by atoms with E-state index in [0.29, 0.717) is 17.9 Å². The SMILES string of the molecule is CCCCOc1cccc(NC(=O)CNc2ccc(C(=O)NC(C)c3ccccc3)cc2)c1. The molecule has 1 atom stereocenters. The molecule has 6 heteroatoms. The predicted octanol–water partition coefficient (Wildman–Crippen LogP) is 5.41. The second-order valence-electron chi connectivity index (χ2n) is 7.81. The minimum atomic E-state index is -0.167. The number of benzene rings is 3. The van der Waals surface area contributed by atoms with Crippen molar-refractivity contribution in [2.24, 2.45) is 0 Å². The van der Waals surface area contributed by atoms with Crippen molar-refractivity contribution in [2.75, 3.05) is 23.8 Å². The monoisotopic (exact) mass is 445 g/mol. The van der Waals surface area contributed by atoms with Gasteiger partial charge in [-0.25, -0.2) is 0 Å². The Hall–Kier alpha value is -3.80. The van der Waals surface area contributed by atoms with Gasteiger partial charge in [0.25, 0.3) is 5.91 Å². The van der Waals surface area contributed by atoms with Crippen LogP contribution in [0, 0.1) is 0 Å². The van der Waals surface area contributed by atoms with Crippen LogP contribution >= 0.6 is 0 Å². The van der Waals surface area contributed by atoms with Crippen LogP contribution in [0.2, 0.25) is 0 Å². The largest absolute Gasteiger partial charge is 0.494 e. The maximum absolute atomic E-state index is 12.5. The number of unbranched alkanes of at least 4 members (excludes halogenated alkanes) is 1. The third-order valence-corrected chi connectivity index (χ3v) is 5.13. The molecular weight excluding hydrogens is 414 g/mol. The summed E-state index contributed by atoms with van der Waals surface area (Å²) in [5, 5.41) is 8.94. The molecule has 0 fully saturated rings. The summed E-state index contributed by atoms with van der Waals surface area (Å²) < 4.78 is 5.68. The van der Waals surface area contributed by atoms with Gasteiger partial charge < -0.3 is 20.7 Å². The Morgan fingerprint density at radius 2 is 1.67 bits per heavy atom. The average Bonchev–Trinajstić information content (AvgIpc) is 2.84. The van der Waals surface area contributed by atoms with Crippen molar-refractivity contribution >= 4 is 23.2 Å². The van der Waals surface area contributed by atoms with E-state index in [1.54, 1.807) is 24.3 Å². The van der Waals surface area contributed by atoms with Gasteiger partial charge in [0.05, 0.1) is 19.2 Å². The predicted molar refractivity (Wildman–Crippen MR) is 133 cm³/mol. The number of ether oxygens (including phenoxy) is 1. The summed E-state index contributed by atoms with van der Waals surface area (Å²) in [5.74, 6) is 0.431. The lowest BCUT2D eigenvalue weighted by Crippen LogP contribution is -2.26. The zero-order chi connectivity index (χ0) is 23.5. The minimum Gasteiger partial charge on any atom is -0.494 e. The number of carbonyl (C=O) groups excluding carboxylic acids is 2. The normalized spacial score (nSPS) is 11.3. The van der Waals surface area contributed by atoms with Crippen LogP contribution < -0.4 is 20.7 Å². The molecule has 1 unspecified atom stereocenters. The summed E-state index contributed by atoms with van der Waals surface area (Å²) in [7, 11) is 0. The lowest BCUT2D eigenvalue weighted by molar-refractivity contribution is -0.114. The van der Waals surface area contributed by atoms with Crippen LogP contribution in [0.15, 0.2) is 78.9 Å². The van der Waals surface area contributed by atoms with E-state index in [1.165, 1.54) is 0 Å². The van der Waals surface area contributed by atoms with Gasteiger partial charge in [0.2, 0.25) is 5.91 Å². The van der Waals surface area contributed by atoms with E-state index >= 15 is 0 Å². The molecule has 0 aliphatic rings. The first-order valence-corrected chi connectivity index (χ1v) is 11.3. The fourth-order valence-corrected chi connectivity index (χ4v) is 3.23. The average molecular weight is 446 g/mol. The number of hydrogen-bond acceptors (Lipinski definition) is 4. The van der Waals surface area contributed by atoms with E-state index in [0.717, 1.165) is 29.8 Å². The highest BCUT2D eigenvalue weighted by Gasteiger charge is 2.11. The Bertz CT molecular complexity index is 1040. The van der Waals surface area contributed by atoms with Gasteiger partial charge in [0.1, 0.15) is 5.75 Å². The lowest BCUT2D eigenvalue weighted by atomic mass is 10.1. The molecule has 0 aliphatic carbocycles. The van der Waals surface area contributed by atoms with Crippen LogP contribution in [-0.2, 0) is 4.79 Å². The molecule has 2 amide bonds. The van der Waals surface area contributed by atoms with E-state index in [4.69, 9.17) is 4.74 Å². The molecule has 0 spiro atoms. The molecule has 3 N–H and O–H groups in total. The van der Waals surface area contributed by atoms with Crippen molar-refractivity contribution in [3.8, 4) is 5.75 Å². The topological polar surface area (TPSA) is 79.5 Å². The Morgan fingerprint density at radius 3 is 2.39 bits per heavy atom.